The minimum absolute atomic E-state index is 0.948. The molecule has 1 aromatic heterocycles. The van der Waals surface area contributed by atoms with E-state index >= 15 is 0 Å². The van der Waals surface area contributed by atoms with Crippen LogP contribution in [0.4, 0.5) is 5.69 Å². The molecule has 0 atom stereocenters. The Kier molecular flexibility index (Phi) is 3.65. The molecule has 21 heavy (non-hydrogen) atoms. The molecule has 3 aromatic rings. The minimum Gasteiger partial charge on any atom is -0.256 e. The van der Waals surface area contributed by atoms with Gasteiger partial charge in [0, 0.05) is 11.8 Å². The first kappa shape index (κ1) is 13.3. The summed E-state index contributed by atoms with van der Waals surface area (Å²) in [5, 5.41) is 4.62. The smallest absolute Gasteiger partial charge is 0.0688 e. The van der Waals surface area contributed by atoms with Crippen molar-refractivity contribution in [2.24, 2.45) is 4.99 Å². The zero-order valence-corrected chi connectivity index (χ0v) is 12.2. The van der Waals surface area contributed by atoms with Gasteiger partial charge < -0.3 is 0 Å². The summed E-state index contributed by atoms with van der Waals surface area (Å²) in [5.74, 6) is 0. The van der Waals surface area contributed by atoms with Gasteiger partial charge in [0.05, 0.1) is 22.8 Å². The van der Waals surface area contributed by atoms with E-state index < -0.39 is 0 Å². The lowest BCUT2D eigenvalue weighted by Gasteiger charge is -2.03. The fourth-order valence-electron chi connectivity index (χ4n) is 2.32. The third-order valence-electron chi connectivity index (χ3n) is 3.45. The number of aromatic nitrogens is 2. The maximum absolute atomic E-state index is 4.62. The van der Waals surface area contributed by atoms with E-state index in [9.17, 15) is 0 Å². The molecule has 0 saturated heterocycles. The van der Waals surface area contributed by atoms with Gasteiger partial charge in [-0.25, -0.2) is 4.68 Å². The second kappa shape index (κ2) is 5.75. The van der Waals surface area contributed by atoms with E-state index in [0.717, 1.165) is 28.3 Å². The first-order chi connectivity index (χ1) is 10.3. The maximum Gasteiger partial charge on any atom is 0.0688 e. The van der Waals surface area contributed by atoms with E-state index in [4.69, 9.17) is 0 Å². The van der Waals surface area contributed by atoms with Crippen molar-refractivity contribution in [1.82, 2.24) is 9.78 Å². The molecule has 0 amide bonds. The molecule has 0 aliphatic heterocycles. The number of hydrogen-bond acceptors (Lipinski definition) is 2. The second-order valence-corrected chi connectivity index (χ2v) is 4.93. The highest BCUT2D eigenvalue weighted by atomic mass is 15.3. The minimum atomic E-state index is 0.948. The molecular weight excluding hydrogens is 258 g/mol. The van der Waals surface area contributed by atoms with Gasteiger partial charge in [-0.1, -0.05) is 36.4 Å². The summed E-state index contributed by atoms with van der Waals surface area (Å²) in [6, 6.07) is 20.1. The van der Waals surface area contributed by atoms with E-state index in [1.807, 2.05) is 66.4 Å². The van der Waals surface area contributed by atoms with Crippen LogP contribution in [0.2, 0.25) is 0 Å². The molecule has 3 heteroatoms. The summed E-state index contributed by atoms with van der Waals surface area (Å²) >= 11 is 0. The first-order valence-electron chi connectivity index (χ1n) is 6.96. The van der Waals surface area contributed by atoms with E-state index in [-0.39, 0.29) is 0 Å². The van der Waals surface area contributed by atoms with Gasteiger partial charge in [0.1, 0.15) is 0 Å². The number of para-hydroxylation sites is 2. The number of nitrogens with zero attached hydrogens (tertiary/aromatic N) is 3. The summed E-state index contributed by atoms with van der Waals surface area (Å²) in [7, 11) is 0. The van der Waals surface area contributed by atoms with Gasteiger partial charge in [-0.15, -0.1) is 0 Å². The Morgan fingerprint density at radius 2 is 1.52 bits per heavy atom. The van der Waals surface area contributed by atoms with Crippen molar-refractivity contribution >= 4 is 11.9 Å². The van der Waals surface area contributed by atoms with Crippen molar-refractivity contribution in [3.05, 3.63) is 77.6 Å². The van der Waals surface area contributed by atoms with E-state index in [2.05, 4.69) is 29.1 Å². The molecule has 0 bridgehead atoms. The monoisotopic (exact) mass is 275 g/mol. The van der Waals surface area contributed by atoms with Gasteiger partial charge in [0.15, 0.2) is 0 Å². The highest BCUT2D eigenvalue weighted by molar-refractivity contribution is 5.84. The molecule has 104 valence electrons. The number of hydrogen-bond donors (Lipinski definition) is 0. The zero-order chi connectivity index (χ0) is 14.7. The van der Waals surface area contributed by atoms with Crippen molar-refractivity contribution < 1.29 is 0 Å². The lowest BCUT2D eigenvalue weighted by atomic mass is 10.2. The Morgan fingerprint density at radius 3 is 2.19 bits per heavy atom. The fraction of sp³-hybridized carbons (Fsp3) is 0.111. The lowest BCUT2D eigenvalue weighted by molar-refractivity contribution is 0.833. The van der Waals surface area contributed by atoms with Crippen LogP contribution in [0.15, 0.2) is 65.7 Å². The summed E-state index contributed by atoms with van der Waals surface area (Å²) in [4.78, 5) is 4.53. The molecule has 3 rings (SSSR count). The van der Waals surface area contributed by atoms with Gasteiger partial charge in [0.2, 0.25) is 0 Å². The average molecular weight is 275 g/mol. The number of rotatable bonds is 3. The maximum atomic E-state index is 4.62. The van der Waals surface area contributed by atoms with Crippen molar-refractivity contribution in [1.29, 1.82) is 0 Å². The number of aliphatic imine (C=N–C) groups is 1. The normalized spacial score (nSPS) is 11.1. The van der Waals surface area contributed by atoms with Gasteiger partial charge in [0.25, 0.3) is 0 Å². The third-order valence-corrected chi connectivity index (χ3v) is 3.45. The Hall–Kier alpha value is -2.68. The highest BCUT2D eigenvalue weighted by Crippen LogP contribution is 2.17. The quantitative estimate of drug-likeness (QED) is 0.657. The molecule has 0 fully saturated rings. The van der Waals surface area contributed by atoms with Crippen LogP contribution in [-0.2, 0) is 0 Å². The topological polar surface area (TPSA) is 30.2 Å². The number of aryl methyl sites for hydroxylation is 1. The zero-order valence-electron chi connectivity index (χ0n) is 12.2. The molecule has 0 spiro atoms. The molecule has 0 unspecified atom stereocenters. The van der Waals surface area contributed by atoms with Crippen LogP contribution in [0.3, 0.4) is 0 Å². The van der Waals surface area contributed by atoms with Crippen LogP contribution in [0.25, 0.3) is 5.69 Å². The molecule has 0 radical (unpaired) electrons. The molecule has 2 aromatic carbocycles. The number of benzene rings is 2. The van der Waals surface area contributed by atoms with E-state index in [1.165, 1.54) is 0 Å². The molecule has 0 aliphatic rings. The van der Waals surface area contributed by atoms with Crippen LogP contribution < -0.4 is 0 Å². The average Bonchev–Trinajstić information content (AvgIpc) is 2.82. The van der Waals surface area contributed by atoms with Crippen LogP contribution in [-0.4, -0.2) is 16.0 Å². The first-order valence-corrected chi connectivity index (χ1v) is 6.96. The highest BCUT2D eigenvalue weighted by Gasteiger charge is 2.10. The Balaban J connectivity index is 1.98. The van der Waals surface area contributed by atoms with E-state index in [0.29, 0.717) is 0 Å². The van der Waals surface area contributed by atoms with Crippen molar-refractivity contribution in [3.8, 4) is 5.69 Å². The van der Waals surface area contributed by atoms with Crippen molar-refractivity contribution in [3.63, 3.8) is 0 Å². The second-order valence-electron chi connectivity index (χ2n) is 4.93. The van der Waals surface area contributed by atoms with Gasteiger partial charge in [-0.2, -0.15) is 5.10 Å². The predicted octanol–water partition coefficient (Wildman–Crippen LogP) is 4.24. The summed E-state index contributed by atoms with van der Waals surface area (Å²) in [6.07, 6.45) is 1.90. The third kappa shape index (κ3) is 2.77. The molecule has 0 saturated carbocycles. The molecule has 0 aliphatic carbocycles. The molecule has 3 nitrogen and oxygen atoms in total. The summed E-state index contributed by atoms with van der Waals surface area (Å²) in [6.45, 7) is 4.08. The van der Waals surface area contributed by atoms with Crippen molar-refractivity contribution in [2.45, 2.75) is 13.8 Å². The molecule has 0 N–H and O–H groups in total. The SMILES string of the molecule is Cc1nn(-c2ccccc2)c(C)c1C=Nc1ccccc1. The van der Waals surface area contributed by atoms with Crippen LogP contribution in [0.5, 0.6) is 0 Å². The Bertz CT molecular complexity index is 756. The summed E-state index contributed by atoms with van der Waals surface area (Å²) < 4.78 is 1.96. The fourth-order valence-corrected chi connectivity index (χ4v) is 2.32. The van der Waals surface area contributed by atoms with E-state index in [1.54, 1.807) is 0 Å². The predicted molar refractivity (Wildman–Crippen MR) is 86.7 cm³/mol. The van der Waals surface area contributed by atoms with Gasteiger partial charge in [-0.3, -0.25) is 4.99 Å². The van der Waals surface area contributed by atoms with Gasteiger partial charge in [-0.05, 0) is 38.1 Å². The van der Waals surface area contributed by atoms with Crippen LogP contribution >= 0.6 is 0 Å². The molecular formula is C18H17N3. The van der Waals surface area contributed by atoms with Crippen LogP contribution in [0, 0.1) is 13.8 Å². The Labute approximate surface area is 124 Å². The summed E-state index contributed by atoms with van der Waals surface area (Å²) in [5.41, 5.74) is 5.17. The lowest BCUT2D eigenvalue weighted by Crippen LogP contribution is -1.98. The standard InChI is InChI=1S/C18H17N3/c1-14-18(13-19-16-9-5-3-6-10-16)15(2)21(20-14)17-11-7-4-8-12-17/h3-13H,1-2H3. The van der Waals surface area contributed by atoms with Gasteiger partial charge >= 0.3 is 0 Å². The van der Waals surface area contributed by atoms with Crippen molar-refractivity contribution in [2.75, 3.05) is 0 Å². The van der Waals surface area contributed by atoms with Crippen LogP contribution in [0.1, 0.15) is 17.0 Å². The molecule has 1 heterocycles. The Morgan fingerprint density at radius 1 is 0.905 bits per heavy atom. The largest absolute Gasteiger partial charge is 0.256 e.